The van der Waals surface area contributed by atoms with Crippen molar-refractivity contribution >= 4 is 35.2 Å². The van der Waals surface area contributed by atoms with E-state index in [1.165, 1.54) is 4.90 Å². The molecule has 6 nitrogen and oxygen atoms in total. The van der Waals surface area contributed by atoms with E-state index in [4.69, 9.17) is 32.7 Å². The fourth-order valence-electron chi connectivity index (χ4n) is 3.14. The summed E-state index contributed by atoms with van der Waals surface area (Å²) >= 11 is 12.4. The Bertz CT molecular complexity index is 989. The number of benzene rings is 2. The van der Waals surface area contributed by atoms with E-state index in [0.717, 1.165) is 5.56 Å². The summed E-state index contributed by atoms with van der Waals surface area (Å²) in [5, 5.41) is 3.60. The Morgan fingerprint density at radius 1 is 1.17 bits per heavy atom. The van der Waals surface area contributed by atoms with Crippen molar-refractivity contribution in [1.29, 1.82) is 0 Å². The Balaban J connectivity index is 2.05. The number of rotatable bonds is 6. The highest BCUT2D eigenvalue weighted by Gasteiger charge is 2.37. The number of ether oxygens (including phenoxy) is 2. The first-order chi connectivity index (χ1) is 14.3. The average Bonchev–Trinajstić information content (AvgIpc) is 2.70. The zero-order chi connectivity index (χ0) is 21.8. The van der Waals surface area contributed by atoms with Gasteiger partial charge in [-0.25, -0.2) is 9.59 Å². The predicted octanol–water partition coefficient (Wildman–Crippen LogP) is 4.89. The van der Waals surface area contributed by atoms with Crippen LogP contribution in [0.3, 0.4) is 0 Å². The zero-order valence-electron chi connectivity index (χ0n) is 16.9. The summed E-state index contributed by atoms with van der Waals surface area (Å²) < 4.78 is 11.1. The quantitative estimate of drug-likeness (QED) is 0.638. The summed E-state index contributed by atoms with van der Waals surface area (Å²) in [5.74, 6) is 0.0691. The molecule has 0 radical (unpaired) electrons. The van der Waals surface area contributed by atoms with Crippen LogP contribution in [0, 0.1) is 6.92 Å². The summed E-state index contributed by atoms with van der Waals surface area (Å²) in [4.78, 5) is 26.9. The largest absolute Gasteiger partial charge is 0.487 e. The maximum atomic E-state index is 12.9. The predicted molar refractivity (Wildman–Crippen MR) is 116 cm³/mol. The van der Waals surface area contributed by atoms with Gasteiger partial charge in [0.15, 0.2) is 0 Å². The van der Waals surface area contributed by atoms with Crippen LogP contribution >= 0.6 is 23.2 Å². The first-order valence-corrected chi connectivity index (χ1v) is 10.2. The van der Waals surface area contributed by atoms with E-state index in [1.807, 2.05) is 31.2 Å². The molecule has 0 saturated heterocycles. The van der Waals surface area contributed by atoms with Crippen molar-refractivity contribution in [1.82, 2.24) is 10.2 Å². The van der Waals surface area contributed by atoms with Crippen molar-refractivity contribution in [3.05, 3.63) is 74.9 Å². The van der Waals surface area contributed by atoms with Crippen molar-refractivity contribution in [2.24, 2.45) is 0 Å². The number of nitrogens with one attached hydrogen (secondary N) is 1. The van der Waals surface area contributed by atoms with Gasteiger partial charge < -0.3 is 14.8 Å². The van der Waals surface area contributed by atoms with Crippen LogP contribution in [0.15, 0.2) is 53.7 Å². The molecule has 8 heteroatoms. The number of nitrogens with zero attached hydrogens (tertiary/aromatic N) is 1. The van der Waals surface area contributed by atoms with E-state index in [-0.39, 0.29) is 24.8 Å². The van der Waals surface area contributed by atoms with Gasteiger partial charge in [-0.15, -0.1) is 0 Å². The first kappa shape index (κ1) is 22.0. The number of hydrogen-bond acceptors (Lipinski definition) is 4. The monoisotopic (exact) mass is 448 g/mol. The minimum Gasteiger partial charge on any atom is -0.487 e. The van der Waals surface area contributed by atoms with Crippen LogP contribution in [-0.4, -0.2) is 37.2 Å². The smallest absolute Gasteiger partial charge is 0.338 e. The number of aryl methyl sites for hydroxylation is 1. The van der Waals surface area contributed by atoms with Gasteiger partial charge in [-0.2, -0.15) is 0 Å². The molecule has 158 valence electrons. The van der Waals surface area contributed by atoms with E-state index >= 15 is 0 Å². The summed E-state index contributed by atoms with van der Waals surface area (Å²) in [6.45, 7) is 3.89. The molecule has 1 aliphatic heterocycles. The molecule has 2 aromatic rings. The molecule has 3 rings (SSSR count). The Kier molecular flexibility index (Phi) is 6.90. The molecule has 1 atom stereocenters. The third-order valence-electron chi connectivity index (χ3n) is 4.74. The van der Waals surface area contributed by atoms with Gasteiger partial charge in [0.2, 0.25) is 0 Å². The molecule has 0 spiro atoms. The second-order valence-electron chi connectivity index (χ2n) is 6.79. The van der Waals surface area contributed by atoms with Crippen LogP contribution in [0.5, 0.6) is 5.75 Å². The molecule has 0 unspecified atom stereocenters. The van der Waals surface area contributed by atoms with E-state index in [0.29, 0.717) is 27.1 Å². The van der Waals surface area contributed by atoms with Gasteiger partial charge in [-0.1, -0.05) is 47.0 Å². The molecule has 2 aromatic carbocycles. The number of urea groups is 1. The lowest BCUT2D eigenvalue weighted by Crippen LogP contribution is -2.48. The minimum absolute atomic E-state index is 0.00281. The summed E-state index contributed by atoms with van der Waals surface area (Å²) in [6.07, 6.45) is 0. The van der Waals surface area contributed by atoms with E-state index in [2.05, 4.69) is 5.32 Å². The number of carbonyl (C=O) groups excluding carboxylic acids is 2. The number of likely N-dealkylation sites (N-methyl/N-ethyl adjacent to an activating group) is 1. The van der Waals surface area contributed by atoms with Crippen LogP contribution in [0.1, 0.15) is 24.1 Å². The third-order valence-corrected chi connectivity index (χ3v) is 5.30. The zero-order valence-corrected chi connectivity index (χ0v) is 18.4. The highest BCUT2D eigenvalue weighted by atomic mass is 35.5. The Hall–Kier alpha value is -2.70. The molecule has 0 aromatic heterocycles. The van der Waals surface area contributed by atoms with Crippen LogP contribution in [-0.2, 0) is 9.53 Å². The SMILES string of the molecule is CCOC(=O)C1=C(COc2ccc(C)cc2)N(C)C(=O)N[C@@H]1c1ccc(Cl)cc1Cl. The van der Waals surface area contributed by atoms with Crippen LogP contribution in [0.2, 0.25) is 10.0 Å². The number of amides is 2. The Labute approximate surface area is 185 Å². The fourth-order valence-corrected chi connectivity index (χ4v) is 3.65. The Morgan fingerprint density at radius 3 is 2.50 bits per heavy atom. The van der Waals surface area contributed by atoms with E-state index < -0.39 is 12.0 Å². The number of esters is 1. The molecular weight excluding hydrogens is 427 g/mol. The normalized spacial score (nSPS) is 16.4. The van der Waals surface area contributed by atoms with Gasteiger partial charge in [0, 0.05) is 17.1 Å². The molecule has 1 N–H and O–H groups in total. The fraction of sp³-hybridized carbons (Fsp3) is 0.273. The molecule has 0 fully saturated rings. The standard InChI is InChI=1S/C22H22Cl2N2O4/c1-4-29-21(27)19-18(12-30-15-8-5-13(2)6-9-15)26(3)22(28)25-20(19)16-10-7-14(23)11-17(16)24/h5-11,20H,4,12H2,1-3H3,(H,25,28)/t20-/m1/s1. The third kappa shape index (κ3) is 4.71. The topological polar surface area (TPSA) is 67.9 Å². The van der Waals surface area contributed by atoms with Crippen molar-refractivity contribution in [3.63, 3.8) is 0 Å². The lowest BCUT2D eigenvalue weighted by atomic mass is 9.94. The first-order valence-electron chi connectivity index (χ1n) is 9.40. The number of hydrogen-bond donors (Lipinski definition) is 1. The van der Waals surface area contributed by atoms with Crippen molar-refractivity contribution < 1.29 is 19.1 Å². The molecule has 0 bridgehead atoms. The lowest BCUT2D eigenvalue weighted by Gasteiger charge is -2.34. The van der Waals surface area contributed by atoms with Crippen molar-refractivity contribution in [2.45, 2.75) is 19.9 Å². The van der Waals surface area contributed by atoms with Gasteiger partial charge >= 0.3 is 12.0 Å². The van der Waals surface area contributed by atoms with E-state index in [9.17, 15) is 9.59 Å². The van der Waals surface area contributed by atoms with Gasteiger partial charge in [0.05, 0.1) is 23.9 Å². The molecule has 30 heavy (non-hydrogen) atoms. The van der Waals surface area contributed by atoms with Crippen LogP contribution in [0.25, 0.3) is 0 Å². The van der Waals surface area contributed by atoms with E-state index in [1.54, 1.807) is 32.2 Å². The van der Waals surface area contributed by atoms with Crippen LogP contribution < -0.4 is 10.1 Å². The van der Waals surface area contributed by atoms with Gasteiger partial charge in [0.1, 0.15) is 12.4 Å². The highest BCUT2D eigenvalue weighted by Crippen LogP contribution is 2.35. The molecule has 1 heterocycles. The molecule has 2 amide bonds. The van der Waals surface area contributed by atoms with Gasteiger partial charge in [-0.05, 0) is 43.7 Å². The second-order valence-corrected chi connectivity index (χ2v) is 7.63. The van der Waals surface area contributed by atoms with Crippen molar-refractivity contribution in [2.75, 3.05) is 20.3 Å². The average molecular weight is 449 g/mol. The lowest BCUT2D eigenvalue weighted by molar-refractivity contribution is -0.139. The minimum atomic E-state index is -0.797. The summed E-state index contributed by atoms with van der Waals surface area (Å²) in [6, 6.07) is 11.2. The summed E-state index contributed by atoms with van der Waals surface area (Å²) in [5.41, 5.74) is 2.29. The van der Waals surface area contributed by atoms with Crippen LogP contribution in [0.4, 0.5) is 4.79 Å². The molecular formula is C22H22Cl2N2O4. The van der Waals surface area contributed by atoms with Gasteiger partial charge in [0.25, 0.3) is 0 Å². The highest BCUT2D eigenvalue weighted by molar-refractivity contribution is 6.35. The second kappa shape index (κ2) is 9.41. The number of halogens is 2. The van der Waals surface area contributed by atoms with Crippen molar-refractivity contribution in [3.8, 4) is 5.75 Å². The molecule has 1 aliphatic rings. The van der Waals surface area contributed by atoms with Gasteiger partial charge in [-0.3, -0.25) is 4.90 Å². The molecule has 0 saturated carbocycles. The molecule has 0 aliphatic carbocycles. The maximum absolute atomic E-state index is 12.9. The summed E-state index contributed by atoms with van der Waals surface area (Å²) in [7, 11) is 1.57. The Morgan fingerprint density at radius 2 is 1.87 bits per heavy atom. The maximum Gasteiger partial charge on any atom is 0.338 e. The number of carbonyl (C=O) groups is 2.